The maximum atomic E-state index is 12.6. The molecule has 2 aromatic carbocycles. The zero-order chi connectivity index (χ0) is 21.8. The fourth-order valence-corrected chi connectivity index (χ4v) is 3.95. The van der Waals surface area contributed by atoms with E-state index in [4.69, 9.17) is 0 Å². The van der Waals surface area contributed by atoms with Crippen LogP contribution < -0.4 is 15.5 Å². The smallest absolute Gasteiger partial charge is 0.242 e. The van der Waals surface area contributed by atoms with Gasteiger partial charge in [-0.05, 0) is 37.1 Å². The number of H-pyrrole nitrogens is 1. The third kappa shape index (κ3) is 4.60. The van der Waals surface area contributed by atoms with Crippen LogP contribution in [0.1, 0.15) is 18.9 Å². The lowest BCUT2D eigenvalue weighted by Crippen LogP contribution is -2.47. The lowest BCUT2D eigenvalue weighted by atomic mass is 10.1. The first-order valence-corrected chi connectivity index (χ1v) is 10.5. The van der Waals surface area contributed by atoms with Crippen LogP contribution in [-0.2, 0) is 20.8 Å². The van der Waals surface area contributed by atoms with E-state index in [9.17, 15) is 14.4 Å². The number of nitrogens with one attached hydrogen (secondary N) is 3. The average Bonchev–Trinajstić information content (AvgIpc) is 3.38. The third-order valence-corrected chi connectivity index (χ3v) is 5.68. The molecule has 0 bridgehead atoms. The molecule has 0 saturated carbocycles. The Labute approximate surface area is 180 Å². The molecule has 3 amide bonds. The lowest BCUT2D eigenvalue weighted by molar-refractivity contribution is -0.130. The van der Waals surface area contributed by atoms with E-state index in [1.165, 1.54) is 0 Å². The van der Waals surface area contributed by atoms with Gasteiger partial charge in [-0.1, -0.05) is 36.4 Å². The number of aromatic amines is 1. The number of nitrogens with zero attached hydrogens (tertiary/aromatic N) is 1. The number of hydrogen-bond acceptors (Lipinski definition) is 3. The molecule has 2 atom stereocenters. The number of aromatic nitrogens is 1. The molecule has 4 rings (SSSR count). The summed E-state index contributed by atoms with van der Waals surface area (Å²) in [6.45, 7) is 2.46. The summed E-state index contributed by atoms with van der Waals surface area (Å²) in [7, 11) is 0. The Bertz CT molecular complexity index is 1090. The number of para-hydroxylation sites is 2. The average molecular weight is 418 g/mol. The molecule has 31 heavy (non-hydrogen) atoms. The van der Waals surface area contributed by atoms with Crippen molar-refractivity contribution in [3.8, 4) is 0 Å². The Morgan fingerprint density at radius 1 is 1.13 bits per heavy atom. The molecule has 1 aliphatic rings. The molecule has 1 aromatic heterocycles. The van der Waals surface area contributed by atoms with E-state index < -0.39 is 12.0 Å². The van der Waals surface area contributed by atoms with Crippen molar-refractivity contribution in [2.24, 2.45) is 5.92 Å². The summed E-state index contributed by atoms with van der Waals surface area (Å²) in [6.07, 6.45) is 2.80. The Morgan fingerprint density at radius 2 is 1.87 bits per heavy atom. The number of rotatable bonds is 7. The molecule has 7 nitrogen and oxygen atoms in total. The standard InChI is InChI=1S/C24H26N4O3/c1-16(23(30)25-12-11-17-14-26-21-10-6-5-9-20(17)21)27-24(31)18-13-22(29)28(15-18)19-7-3-2-4-8-19/h2-10,14,16,18,26H,11-13,15H2,1H3,(H,25,30)(H,27,31)/t16-,18+/m1/s1. The number of benzene rings is 2. The van der Waals surface area contributed by atoms with Crippen LogP contribution in [0.2, 0.25) is 0 Å². The number of fused-ring (bicyclic) bond motifs is 1. The molecular weight excluding hydrogens is 392 g/mol. The number of anilines is 1. The highest BCUT2D eigenvalue weighted by atomic mass is 16.2. The van der Waals surface area contributed by atoms with Gasteiger partial charge in [-0.2, -0.15) is 0 Å². The number of carbonyl (C=O) groups is 3. The SMILES string of the molecule is C[C@@H](NC(=O)[C@H]1CC(=O)N(c2ccccc2)C1)C(=O)NCCc1c[nH]c2ccccc12. The highest BCUT2D eigenvalue weighted by Crippen LogP contribution is 2.25. The van der Waals surface area contributed by atoms with E-state index in [2.05, 4.69) is 15.6 Å². The molecule has 1 saturated heterocycles. The third-order valence-electron chi connectivity index (χ3n) is 5.68. The molecule has 3 N–H and O–H groups in total. The van der Waals surface area contributed by atoms with E-state index >= 15 is 0 Å². The van der Waals surface area contributed by atoms with Gasteiger partial charge in [0.15, 0.2) is 0 Å². The molecule has 0 unspecified atom stereocenters. The van der Waals surface area contributed by atoms with Crippen LogP contribution in [0.15, 0.2) is 60.8 Å². The van der Waals surface area contributed by atoms with Crippen molar-refractivity contribution in [1.29, 1.82) is 0 Å². The van der Waals surface area contributed by atoms with Crippen LogP contribution in [0.25, 0.3) is 10.9 Å². The summed E-state index contributed by atoms with van der Waals surface area (Å²) in [5, 5.41) is 6.78. The van der Waals surface area contributed by atoms with Gasteiger partial charge >= 0.3 is 0 Å². The first-order chi connectivity index (χ1) is 15.0. The van der Waals surface area contributed by atoms with Gasteiger partial charge in [0.25, 0.3) is 0 Å². The fourth-order valence-electron chi connectivity index (χ4n) is 3.95. The Kier molecular flexibility index (Phi) is 6.02. The van der Waals surface area contributed by atoms with E-state index in [0.29, 0.717) is 19.5 Å². The van der Waals surface area contributed by atoms with Gasteiger partial charge in [0.1, 0.15) is 6.04 Å². The molecule has 0 radical (unpaired) electrons. The van der Waals surface area contributed by atoms with Gasteiger partial charge in [-0.25, -0.2) is 0 Å². The number of hydrogen-bond donors (Lipinski definition) is 3. The molecule has 0 aliphatic carbocycles. The summed E-state index contributed by atoms with van der Waals surface area (Å²) in [5.41, 5.74) is 2.99. The van der Waals surface area contributed by atoms with Crippen molar-refractivity contribution < 1.29 is 14.4 Å². The van der Waals surface area contributed by atoms with Crippen LogP contribution in [0.3, 0.4) is 0 Å². The van der Waals surface area contributed by atoms with Crippen molar-refractivity contribution in [2.45, 2.75) is 25.8 Å². The zero-order valence-corrected chi connectivity index (χ0v) is 17.4. The van der Waals surface area contributed by atoms with Gasteiger partial charge < -0.3 is 20.5 Å². The van der Waals surface area contributed by atoms with E-state index in [1.54, 1.807) is 11.8 Å². The van der Waals surface area contributed by atoms with E-state index in [-0.39, 0.29) is 24.1 Å². The van der Waals surface area contributed by atoms with Gasteiger partial charge in [0.2, 0.25) is 17.7 Å². The van der Waals surface area contributed by atoms with Gasteiger partial charge in [-0.3, -0.25) is 14.4 Å². The van der Waals surface area contributed by atoms with E-state index in [0.717, 1.165) is 22.2 Å². The van der Waals surface area contributed by atoms with Gasteiger partial charge in [0.05, 0.1) is 5.92 Å². The second-order valence-corrected chi connectivity index (χ2v) is 7.87. The molecule has 1 fully saturated rings. The molecular formula is C24H26N4O3. The van der Waals surface area contributed by atoms with Crippen molar-refractivity contribution in [1.82, 2.24) is 15.6 Å². The second kappa shape index (κ2) is 9.04. The summed E-state index contributed by atoms with van der Waals surface area (Å²) in [5.74, 6) is -1.06. The minimum atomic E-state index is -0.670. The van der Waals surface area contributed by atoms with Crippen LogP contribution in [0, 0.1) is 5.92 Å². The maximum absolute atomic E-state index is 12.6. The fraction of sp³-hybridized carbons (Fsp3) is 0.292. The normalized spacial score (nSPS) is 17.0. The predicted molar refractivity (Wildman–Crippen MR) is 120 cm³/mol. The summed E-state index contributed by atoms with van der Waals surface area (Å²) < 4.78 is 0. The maximum Gasteiger partial charge on any atom is 0.242 e. The lowest BCUT2D eigenvalue weighted by Gasteiger charge is -2.18. The van der Waals surface area contributed by atoms with Crippen LogP contribution in [0.4, 0.5) is 5.69 Å². The molecule has 1 aliphatic heterocycles. The second-order valence-electron chi connectivity index (χ2n) is 7.87. The molecule has 160 valence electrons. The highest BCUT2D eigenvalue weighted by molar-refractivity contribution is 6.01. The van der Waals surface area contributed by atoms with Crippen LogP contribution in [0.5, 0.6) is 0 Å². The van der Waals surface area contributed by atoms with E-state index in [1.807, 2.05) is 60.8 Å². The minimum Gasteiger partial charge on any atom is -0.361 e. The van der Waals surface area contributed by atoms with Crippen molar-refractivity contribution in [2.75, 3.05) is 18.0 Å². The summed E-state index contributed by atoms with van der Waals surface area (Å²) in [4.78, 5) is 42.2. The van der Waals surface area contributed by atoms with Crippen LogP contribution in [-0.4, -0.2) is 41.8 Å². The first kappa shape index (κ1) is 20.7. The van der Waals surface area contributed by atoms with Gasteiger partial charge in [-0.15, -0.1) is 0 Å². The minimum absolute atomic E-state index is 0.0813. The molecule has 2 heterocycles. The summed E-state index contributed by atoms with van der Waals surface area (Å²) >= 11 is 0. The summed E-state index contributed by atoms with van der Waals surface area (Å²) in [6, 6.07) is 16.7. The topological polar surface area (TPSA) is 94.3 Å². The Morgan fingerprint density at radius 3 is 2.68 bits per heavy atom. The number of amides is 3. The highest BCUT2D eigenvalue weighted by Gasteiger charge is 2.35. The predicted octanol–water partition coefficient (Wildman–Crippen LogP) is 2.38. The van der Waals surface area contributed by atoms with Crippen molar-refractivity contribution in [3.63, 3.8) is 0 Å². The quantitative estimate of drug-likeness (QED) is 0.550. The number of carbonyl (C=O) groups excluding carboxylic acids is 3. The van der Waals surface area contributed by atoms with Gasteiger partial charge in [0, 0.05) is 42.3 Å². The molecule has 7 heteroatoms. The monoisotopic (exact) mass is 418 g/mol. The first-order valence-electron chi connectivity index (χ1n) is 10.5. The van der Waals surface area contributed by atoms with Crippen LogP contribution >= 0.6 is 0 Å². The Balaban J connectivity index is 1.26. The van der Waals surface area contributed by atoms with Crippen molar-refractivity contribution in [3.05, 3.63) is 66.4 Å². The Hall–Kier alpha value is -3.61. The molecule has 0 spiro atoms. The molecule has 3 aromatic rings. The van der Waals surface area contributed by atoms with Crippen molar-refractivity contribution >= 4 is 34.3 Å². The largest absolute Gasteiger partial charge is 0.361 e. The zero-order valence-electron chi connectivity index (χ0n) is 17.4.